The summed E-state index contributed by atoms with van der Waals surface area (Å²) in [6.07, 6.45) is 0. The van der Waals surface area contributed by atoms with Crippen LogP contribution in [0.2, 0.25) is 10.0 Å². The molecule has 12 heteroatoms. The molecule has 0 N–H and O–H groups in total. The van der Waals surface area contributed by atoms with Crippen LogP contribution in [-0.4, -0.2) is 36.7 Å². The standard InChI is InChI=1S/2C15H9ClF2O3/c2*16-10-3-1-9(2-4-10)14(19)8-21-15(20)12-6-5-11(17)7-13(12)18/h2*1-7H,8H2. The summed E-state index contributed by atoms with van der Waals surface area (Å²) < 4.78 is 61.6. The van der Waals surface area contributed by atoms with E-state index in [1.807, 2.05) is 0 Å². The van der Waals surface area contributed by atoms with Crippen LogP contribution >= 0.6 is 23.2 Å². The molecule has 42 heavy (non-hydrogen) atoms. The van der Waals surface area contributed by atoms with Gasteiger partial charge < -0.3 is 9.47 Å². The fraction of sp³-hybridized carbons (Fsp3) is 0.0667. The molecule has 0 spiro atoms. The minimum absolute atomic E-state index is 0.312. The maximum atomic E-state index is 13.4. The molecule has 4 aromatic rings. The molecule has 0 aromatic heterocycles. The van der Waals surface area contributed by atoms with Gasteiger partial charge in [-0.25, -0.2) is 27.2 Å². The number of ketones is 2. The van der Waals surface area contributed by atoms with E-state index in [-0.39, 0.29) is 0 Å². The second-order valence-corrected chi connectivity index (χ2v) is 9.13. The Kier molecular flexibility index (Phi) is 11.3. The zero-order chi connectivity index (χ0) is 30.8. The topological polar surface area (TPSA) is 86.7 Å². The Bertz CT molecular complexity index is 1490. The number of Topliss-reactive ketones (excluding diaryl/α,β-unsaturated/α-hetero) is 2. The molecule has 0 fully saturated rings. The number of carbonyl (C=O) groups is 4. The van der Waals surface area contributed by atoms with Gasteiger partial charge in [-0.3, -0.25) is 9.59 Å². The molecule has 0 amide bonds. The number of carbonyl (C=O) groups excluding carboxylic acids is 4. The van der Waals surface area contributed by atoms with E-state index in [2.05, 4.69) is 0 Å². The van der Waals surface area contributed by atoms with Crippen molar-refractivity contribution < 1.29 is 46.2 Å². The van der Waals surface area contributed by atoms with Crippen LogP contribution < -0.4 is 0 Å². The van der Waals surface area contributed by atoms with Crippen molar-refractivity contribution >= 4 is 46.7 Å². The molecule has 0 unspecified atom stereocenters. The van der Waals surface area contributed by atoms with Crippen LogP contribution in [0.1, 0.15) is 41.4 Å². The fourth-order valence-electron chi connectivity index (χ4n) is 3.17. The van der Waals surface area contributed by atoms with Gasteiger partial charge in [-0.05, 0) is 72.8 Å². The molecule has 0 aliphatic rings. The third-order valence-electron chi connectivity index (χ3n) is 5.30. The summed E-state index contributed by atoms with van der Waals surface area (Å²) in [7, 11) is 0. The van der Waals surface area contributed by atoms with Crippen LogP contribution in [-0.2, 0) is 9.47 Å². The molecule has 0 atom stereocenters. The molecule has 216 valence electrons. The lowest BCUT2D eigenvalue weighted by molar-refractivity contribution is 0.0467. The van der Waals surface area contributed by atoms with Gasteiger partial charge in [0.2, 0.25) is 0 Å². The first-order valence-electron chi connectivity index (χ1n) is 11.8. The van der Waals surface area contributed by atoms with E-state index in [0.29, 0.717) is 33.3 Å². The zero-order valence-electron chi connectivity index (χ0n) is 21.2. The van der Waals surface area contributed by atoms with E-state index in [1.165, 1.54) is 48.5 Å². The minimum Gasteiger partial charge on any atom is -0.454 e. The first kappa shape index (κ1) is 32.0. The Labute approximate surface area is 246 Å². The average molecular weight is 621 g/mol. The Morgan fingerprint density at radius 3 is 1.17 bits per heavy atom. The molecule has 4 rings (SSSR count). The second kappa shape index (κ2) is 14.9. The smallest absolute Gasteiger partial charge is 0.341 e. The van der Waals surface area contributed by atoms with Crippen molar-refractivity contribution in [3.8, 4) is 0 Å². The van der Waals surface area contributed by atoms with Gasteiger partial charge in [0.05, 0.1) is 11.1 Å². The summed E-state index contributed by atoms with van der Waals surface area (Å²) in [5.74, 6) is -6.67. The third kappa shape index (κ3) is 9.25. The lowest BCUT2D eigenvalue weighted by atomic mass is 10.1. The van der Waals surface area contributed by atoms with E-state index in [4.69, 9.17) is 32.7 Å². The molecular formula is C30H18Cl2F4O6. The third-order valence-corrected chi connectivity index (χ3v) is 5.81. The molecule has 0 aliphatic carbocycles. The molecule has 6 nitrogen and oxygen atoms in total. The molecule has 0 bridgehead atoms. The summed E-state index contributed by atoms with van der Waals surface area (Å²) in [5, 5.41) is 0.939. The SMILES string of the molecule is O=C(COC(=O)c1ccc(F)cc1F)c1ccc(Cl)cc1.O=C(COC(=O)c1ccc(F)cc1F)c1ccc(Cl)cc1. The van der Waals surface area contributed by atoms with Crippen molar-refractivity contribution in [1.82, 2.24) is 0 Å². The van der Waals surface area contributed by atoms with E-state index in [1.54, 1.807) is 0 Å². The highest BCUT2D eigenvalue weighted by Crippen LogP contribution is 2.14. The molecule has 4 aromatic carbocycles. The molecule has 0 heterocycles. The summed E-state index contributed by atoms with van der Waals surface area (Å²) in [6.45, 7) is -1.09. The van der Waals surface area contributed by atoms with Gasteiger partial charge in [0.15, 0.2) is 24.8 Å². The quantitative estimate of drug-likeness (QED) is 0.117. The highest BCUT2D eigenvalue weighted by Gasteiger charge is 2.17. The largest absolute Gasteiger partial charge is 0.454 e. The monoisotopic (exact) mass is 620 g/mol. The van der Waals surface area contributed by atoms with Crippen molar-refractivity contribution in [2.45, 2.75) is 0 Å². The predicted molar refractivity (Wildman–Crippen MR) is 145 cm³/mol. The van der Waals surface area contributed by atoms with Crippen LogP contribution in [0.25, 0.3) is 0 Å². The van der Waals surface area contributed by atoms with E-state index in [9.17, 15) is 36.7 Å². The van der Waals surface area contributed by atoms with Crippen LogP contribution in [0.3, 0.4) is 0 Å². The molecule has 0 saturated carbocycles. The van der Waals surface area contributed by atoms with Crippen LogP contribution in [0.15, 0.2) is 84.9 Å². The van der Waals surface area contributed by atoms with Crippen LogP contribution in [0.5, 0.6) is 0 Å². The highest BCUT2D eigenvalue weighted by molar-refractivity contribution is 6.31. The number of hydrogen-bond donors (Lipinski definition) is 0. The van der Waals surface area contributed by atoms with Crippen LogP contribution in [0, 0.1) is 23.3 Å². The Morgan fingerprint density at radius 1 is 0.524 bits per heavy atom. The number of rotatable bonds is 8. The second-order valence-electron chi connectivity index (χ2n) is 8.26. The lowest BCUT2D eigenvalue weighted by Crippen LogP contribution is -2.15. The van der Waals surface area contributed by atoms with Crippen molar-refractivity contribution in [2.24, 2.45) is 0 Å². The number of ether oxygens (including phenoxy) is 2. The normalized spacial score (nSPS) is 10.2. The maximum absolute atomic E-state index is 13.4. The summed E-state index contributed by atoms with van der Waals surface area (Å²) in [4.78, 5) is 46.7. The Morgan fingerprint density at radius 2 is 0.857 bits per heavy atom. The predicted octanol–water partition coefficient (Wildman–Crippen LogP) is 7.32. The van der Waals surface area contributed by atoms with Crippen molar-refractivity contribution in [1.29, 1.82) is 0 Å². The van der Waals surface area contributed by atoms with E-state index >= 15 is 0 Å². The first-order chi connectivity index (χ1) is 19.9. The van der Waals surface area contributed by atoms with E-state index < -0.39 is 71.1 Å². The Balaban J connectivity index is 0.000000230. The summed E-state index contributed by atoms with van der Waals surface area (Å²) >= 11 is 11.4. The number of benzene rings is 4. The molecule has 0 saturated heterocycles. The van der Waals surface area contributed by atoms with Gasteiger partial charge in [-0.1, -0.05) is 23.2 Å². The van der Waals surface area contributed by atoms with Crippen LogP contribution in [0.4, 0.5) is 17.6 Å². The number of hydrogen-bond acceptors (Lipinski definition) is 6. The molecule has 0 radical (unpaired) electrons. The summed E-state index contributed by atoms with van der Waals surface area (Å²) in [6, 6.07) is 16.9. The highest BCUT2D eigenvalue weighted by atomic mass is 35.5. The zero-order valence-corrected chi connectivity index (χ0v) is 22.7. The fourth-order valence-corrected chi connectivity index (χ4v) is 3.42. The van der Waals surface area contributed by atoms with Crippen molar-refractivity contribution in [3.05, 3.63) is 140 Å². The van der Waals surface area contributed by atoms with Gasteiger partial charge >= 0.3 is 11.9 Å². The Hall–Kier alpha value is -4.54. The number of halogens is 6. The van der Waals surface area contributed by atoms with Gasteiger partial charge in [-0.2, -0.15) is 0 Å². The summed E-state index contributed by atoms with van der Waals surface area (Å²) in [5.41, 5.74) is -0.237. The average Bonchev–Trinajstić information content (AvgIpc) is 2.95. The number of esters is 2. The van der Waals surface area contributed by atoms with E-state index in [0.717, 1.165) is 24.3 Å². The van der Waals surface area contributed by atoms with Gasteiger partial charge in [0, 0.05) is 33.3 Å². The first-order valence-corrected chi connectivity index (χ1v) is 12.5. The van der Waals surface area contributed by atoms with Gasteiger partial charge in [0.1, 0.15) is 23.3 Å². The maximum Gasteiger partial charge on any atom is 0.341 e. The van der Waals surface area contributed by atoms with Gasteiger partial charge in [-0.15, -0.1) is 0 Å². The van der Waals surface area contributed by atoms with Crippen molar-refractivity contribution in [2.75, 3.05) is 13.2 Å². The van der Waals surface area contributed by atoms with Crippen molar-refractivity contribution in [3.63, 3.8) is 0 Å². The molecular weight excluding hydrogens is 603 g/mol. The molecule has 0 aliphatic heterocycles. The van der Waals surface area contributed by atoms with Gasteiger partial charge in [0.25, 0.3) is 0 Å². The lowest BCUT2D eigenvalue weighted by Gasteiger charge is -2.05. The minimum atomic E-state index is -1.04.